The molecule has 0 saturated heterocycles. The van der Waals surface area contributed by atoms with Gasteiger partial charge in [0.1, 0.15) is 6.33 Å². The lowest BCUT2D eigenvalue weighted by Crippen LogP contribution is -1.91. The van der Waals surface area contributed by atoms with Crippen LogP contribution in [0.15, 0.2) is 97.5 Å². The van der Waals surface area contributed by atoms with Gasteiger partial charge in [-0.2, -0.15) is 0 Å². The maximum atomic E-state index is 4.95. The van der Waals surface area contributed by atoms with E-state index in [4.69, 9.17) is 4.98 Å². The molecule has 0 bridgehead atoms. The van der Waals surface area contributed by atoms with E-state index in [1.165, 1.54) is 0 Å². The van der Waals surface area contributed by atoms with Crippen LogP contribution >= 0.6 is 0 Å². The first-order valence-electron chi connectivity index (χ1n) is 9.54. The standard InChI is InChI=1S/C25H16N4/c1-2-6-20(7-3-1)29-16-27-22-15-19(11-13-23(22)29)21-12-10-18-9-8-17-5-4-14-26-24(17)25(18)28-21/h1-16H. The zero-order valence-electron chi connectivity index (χ0n) is 15.5. The molecule has 0 spiro atoms. The summed E-state index contributed by atoms with van der Waals surface area (Å²) in [7, 11) is 0. The van der Waals surface area contributed by atoms with E-state index in [1.54, 1.807) is 0 Å². The van der Waals surface area contributed by atoms with Crippen LogP contribution < -0.4 is 0 Å². The molecule has 4 heteroatoms. The Hall–Kier alpha value is -4.05. The predicted octanol–water partition coefficient (Wildman–Crippen LogP) is 5.79. The fraction of sp³-hybridized carbons (Fsp3) is 0. The molecule has 0 aliphatic rings. The molecule has 6 aromatic rings. The number of pyridine rings is 2. The van der Waals surface area contributed by atoms with Gasteiger partial charge in [-0.25, -0.2) is 9.97 Å². The maximum absolute atomic E-state index is 4.95. The molecule has 0 aliphatic heterocycles. The van der Waals surface area contributed by atoms with Gasteiger partial charge in [0.25, 0.3) is 0 Å². The van der Waals surface area contributed by atoms with E-state index in [2.05, 4.69) is 75.2 Å². The number of para-hydroxylation sites is 1. The summed E-state index contributed by atoms with van der Waals surface area (Å²) in [6, 6.07) is 28.9. The van der Waals surface area contributed by atoms with Gasteiger partial charge in [-0.3, -0.25) is 9.55 Å². The molecule has 0 aliphatic carbocycles. The minimum absolute atomic E-state index is 0.923. The van der Waals surface area contributed by atoms with E-state index < -0.39 is 0 Å². The highest BCUT2D eigenvalue weighted by atomic mass is 15.0. The summed E-state index contributed by atoms with van der Waals surface area (Å²) in [6.07, 6.45) is 3.69. The fourth-order valence-corrected chi connectivity index (χ4v) is 3.85. The highest BCUT2D eigenvalue weighted by Crippen LogP contribution is 2.28. The van der Waals surface area contributed by atoms with Gasteiger partial charge in [0.15, 0.2) is 0 Å². The molecule has 0 radical (unpaired) electrons. The minimum atomic E-state index is 0.923. The molecule has 0 atom stereocenters. The lowest BCUT2D eigenvalue weighted by molar-refractivity contribution is 1.09. The number of imidazole rings is 1. The van der Waals surface area contributed by atoms with E-state index >= 15 is 0 Å². The summed E-state index contributed by atoms with van der Waals surface area (Å²) in [5.74, 6) is 0. The van der Waals surface area contributed by atoms with Crippen molar-refractivity contribution in [2.45, 2.75) is 0 Å². The molecular formula is C25H16N4. The van der Waals surface area contributed by atoms with Gasteiger partial charge in [-0.05, 0) is 36.4 Å². The Kier molecular flexibility index (Phi) is 3.43. The lowest BCUT2D eigenvalue weighted by atomic mass is 10.1. The number of rotatable bonds is 2. The maximum Gasteiger partial charge on any atom is 0.100 e. The Morgan fingerprint density at radius 2 is 1.48 bits per heavy atom. The molecule has 0 unspecified atom stereocenters. The molecule has 136 valence electrons. The molecule has 3 heterocycles. The van der Waals surface area contributed by atoms with Crippen molar-refractivity contribution in [1.82, 2.24) is 19.5 Å². The number of fused-ring (bicyclic) bond motifs is 4. The van der Waals surface area contributed by atoms with Gasteiger partial charge in [0, 0.05) is 28.2 Å². The summed E-state index contributed by atoms with van der Waals surface area (Å²) in [5, 5.41) is 2.19. The van der Waals surface area contributed by atoms with E-state index in [-0.39, 0.29) is 0 Å². The molecule has 0 N–H and O–H groups in total. The highest BCUT2D eigenvalue weighted by molar-refractivity contribution is 6.03. The number of nitrogens with zero attached hydrogens (tertiary/aromatic N) is 4. The van der Waals surface area contributed by atoms with Gasteiger partial charge in [0.2, 0.25) is 0 Å². The first-order chi connectivity index (χ1) is 14.4. The van der Waals surface area contributed by atoms with Crippen molar-refractivity contribution >= 4 is 32.8 Å². The minimum Gasteiger partial charge on any atom is -0.299 e. The molecule has 4 nitrogen and oxygen atoms in total. The van der Waals surface area contributed by atoms with Gasteiger partial charge in [-0.1, -0.05) is 48.5 Å². The molecule has 0 saturated carbocycles. The van der Waals surface area contributed by atoms with Gasteiger partial charge in [0.05, 0.1) is 27.8 Å². The van der Waals surface area contributed by atoms with Gasteiger partial charge >= 0.3 is 0 Å². The van der Waals surface area contributed by atoms with Crippen LogP contribution in [0, 0.1) is 0 Å². The number of benzene rings is 3. The second kappa shape index (κ2) is 6.24. The second-order valence-electron chi connectivity index (χ2n) is 7.06. The smallest absolute Gasteiger partial charge is 0.100 e. The van der Waals surface area contributed by atoms with Crippen molar-refractivity contribution in [2.24, 2.45) is 0 Å². The number of hydrogen-bond acceptors (Lipinski definition) is 3. The summed E-state index contributed by atoms with van der Waals surface area (Å²) >= 11 is 0. The van der Waals surface area contributed by atoms with Crippen LogP contribution in [0.2, 0.25) is 0 Å². The van der Waals surface area contributed by atoms with Crippen molar-refractivity contribution in [3.8, 4) is 16.9 Å². The summed E-state index contributed by atoms with van der Waals surface area (Å²) in [6.45, 7) is 0. The Morgan fingerprint density at radius 1 is 0.655 bits per heavy atom. The first-order valence-corrected chi connectivity index (χ1v) is 9.54. The van der Waals surface area contributed by atoms with Gasteiger partial charge < -0.3 is 0 Å². The topological polar surface area (TPSA) is 43.6 Å². The lowest BCUT2D eigenvalue weighted by Gasteiger charge is -2.07. The first kappa shape index (κ1) is 16.0. The quantitative estimate of drug-likeness (QED) is 0.361. The largest absolute Gasteiger partial charge is 0.299 e. The normalized spacial score (nSPS) is 11.4. The Labute approximate surface area is 167 Å². The van der Waals surface area contributed by atoms with Crippen LogP contribution in [-0.2, 0) is 0 Å². The van der Waals surface area contributed by atoms with Crippen LogP contribution in [0.3, 0.4) is 0 Å². The monoisotopic (exact) mass is 372 g/mol. The van der Waals surface area contributed by atoms with Crippen LogP contribution in [0.25, 0.3) is 49.8 Å². The third kappa shape index (κ3) is 2.57. The van der Waals surface area contributed by atoms with Crippen molar-refractivity contribution in [3.63, 3.8) is 0 Å². The average molecular weight is 372 g/mol. The third-order valence-electron chi connectivity index (χ3n) is 5.31. The molecule has 29 heavy (non-hydrogen) atoms. The van der Waals surface area contributed by atoms with E-state index in [0.717, 1.165) is 49.8 Å². The van der Waals surface area contributed by atoms with Crippen LogP contribution in [0.1, 0.15) is 0 Å². The molecule has 3 aromatic heterocycles. The zero-order chi connectivity index (χ0) is 19.2. The fourth-order valence-electron chi connectivity index (χ4n) is 3.85. The van der Waals surface area contributed by atoms with Crippen molar-refractivity contribution in [1.29, 1.82) is 0 Å². The van der Waals surface area contributed by atoms with E-state index in [0.29, 0.717) is 0 Å². The molecular weight excluding hydrogens is 356 g/mol. The van der Waals surface area contributed by atoms with Crippen LogP contribution in [-0.4, -0.2) is 19.5 Å². The molecule has 3 aromatic carbocycles. The van der Waals surface area contributed by atoms with Crippen LogP contribution in [0.4, 0.5) is 0 Å². The highest BCUT2D eigenvalue weighted by Gasteiger charge is 2.09. The Balaban J connectivity index is 1.51. The summed E-state index contributed by atoms with van der Waals surface area (Å²) in [5.41, 5.74) is 6.95. The summed E-state index contributed by atoms with van der Waals surface area (Å²) in [4.78, 5) is 14.1. The SMILES string of the molecule is c1ccc(-n2cnc3cc(-c4ccc5ccc6cccnc6c5n4)ccc32)cc1. The van der Waals surface area contributed by atoms with Crippen molar-refractivity contribution in [3.05, 3.63) is 97.5 Å². The summed E-state index contributed by atoms with van der Waals surface area (Å²) < 4.78 is 2.10. The third-order valence-corrected chi connectivity index (χ3v) is 5.31. The Bertz CT molecular complexity index is 1500. The molecule has 0 fully saturated rings. The predicted molar refractivity (Wildman–Crippen MR) is 117 cm³/mol. The van der Waals surface area contributed by atoms with Gasteiger partial charge in [-0.15, -0.1) is 0 Å². The van der Waals surface area contributed by atoms with Crippen molar-refractivity contribution < 1.29 is 0 Å². The van der Waals surface area contributed by atoms with E-state index in [9.17, 15) is 0 Å². The average Bonchev–Trinajstić information content (AvgIpc) is 3.22. The number of hydrogen-bond donors (Lipinski definition) is 0. The van der Waals surface area contributed by atoms with E-state index in [1.807, 2.05) is 36.8 Å². The second-order valence-corrected chi connectivity index (χ2v) is 7.06. The molecule has 0 amide bonds. The van der Waals surface area contributed by atoms with Crippen LogP contribution in [0.5, 0.6) is 0 Å². The zero-order valence-corrected chi connectivity index (χ0v) is 15.5. The van der Waals surface area contributed by atoms with Crippen molar-refractivity contribution in [2.75, 3.05) is 0 Å². The Morgan fingerprint density at radius 3 is 2.38 bits per heavy atom. The number of aromatic nitrogens is 4. The molecule has 6 rings (SSSR count).